The molecule has 1 aromatic carbocycles. The highest BCUT2D eigenvalue weighted by molar-refractivity contribution is 5.80. The quantitative estimate of drug-likeness (QED) is 0.547. The Hall–Kier alpha value is -1.39. The van der Waals surface area contributed by atoms with Crippen molar-refractivity contribution in [2.24, 2.45) is 0 Å². The van der Waals surface area contributed by atoms with Gasteiger partial charge in [-0.1, -0.05) is 18.2 Å². The van der Waals surface area contributed by atoms with E-state index in [0.717, 1.165) is 18.2 Å². The fraction of sp³-hybridized carbons (Fsp3) is 0.222. The number of carbonyl (C=O) groups excluding carboxylic acids is 1. The molecule has 0 aliphatic heterocycles. The van der Waals surface area contributed by atoms with Crippen molar-refractivity contribution in [2.45, 2.75) is 12.9 Å². The maximum atomic E-state index is 12.3. The van der Waals surface area contributed by atoms with Crippen LogP contribution in [0.5, 0.6) is 0 Å². The van der Waals surface area contributed by atoms with Gasteiger partial charge in [0.1, 0.15) is 0 Å². The van der Waals surface area contributed by atoms with Crippen LogP contribution in [0, 0.1) is 0 Å². The minimum absolute atomic E-state index is 0.0307. The second kappa shape index (κ2) is 4.21. The van der Waals surface area contributed by atoms with Gasteiger partial charge in [0, 0.05) is 16.7 Å². The zero-order chi connectivity index (χ0) is 10.7. The molecular formula is C9H6F4O. The Balaban J connectivity index is 3.32. The number of halogens is 4. The molecule has 76 valence electrons. The molecule has 0 fully saturated rings. The van der Waals surface area contributed by atoms with E-state index in [1.165, 1.54) is 0 Å². The predicted molar refractivity (Wildman–Crippen MR) is 41.7 cm³/mol. The van der Waals surface area contributed by atoms with Crippen LogP contribution >= 0.6 is 0 Å². The number of carbonyl (C=O) groups is 1. The standard InChI is InChI=1S/C9H6F4O/c10-8(11)5-2-1-3-6(9(12)13)7(5)4-14/h1-4,8-9H. The van der Waals surface area contributed by atoms with Crippen molar-refractivity contribution >= 4 is 6.29 Å². The van der Waals surface area contributed by atoms with Gasteiger partial charge in [0.25, 0.3) is 12.9 Å². The summed E-state index contributed by atoms with van der Waals surface area (Å²) in [6, 6.07) is 3.00. The maximum Gasteiger partial charge on any atom is 0.264 e. The van der Waals surface area contributed by atoms with E-state index >= 15 is 0 Å². The van der Waals surface area contributed by atoms with E-state index < -0.39 is 29.5 Å². The Morgan fingerprint density at radius 2 is 1.43 bits per heavy atom. The first-order chi connectivity index (χ1) is 6.57. The predicted octanol–water partition coefficient (Wildman–Crippen LogP) is 3.37. The molecule has 1 rings (SSSR count). The Kier molecular flexibility index (Phi) is 3.22. The minimum atomic E-state index is -2.92. The Morgan fingerprint density at radius 1 is 1.00 bits per heavy atom. The molecule has 0 spiro atoms. The molecule has 0 aromatic heterocycles. The summed E-state index contributed by atoms with van der Waals surface area (Å²) in [7, 11) is 0. The molecule has 0 aliphatic rings. The maximum absolute atomic E-state index is 12.3. The van der Waals surface area contributed by atoms with Crippen LogP contribution in [0.15, 0.2) is 18.2 Å². The van der Waals surface area contributed by atoms with E-state index in [1.54, 1.807) is 0 Å². The molecule has 1 nitrogen and oxygen atoms in total. The largest absolute Gasteiger partial charge is 0.298 e. The van der Waals surface area contributed by atoms with E-state index in [9.17, 15) is 22.4 Å². The lowest BCUT2D eigenvalue weighted by molar-refractivity contribution is 0.108. The van der Waals surface area contributed by atoms with Gasteiger partial charge in [0.05, 0.1) is 0 Å². The summed E-state index contributed by atoms with van der Waals surface area (Å²) in [5.74, 6) is 0. The lowest BCUT2D eigenvalue weighted by atomic mass is 10.0. The van der Waals surface area contributed by atoms with Gasteiger partial charge in [0.2, 0.25) is 0 Å². The summed E-state index contributed by atoms with van der Waals surface area (Å²) in [6.07, 6.45) is -5.81. The molecule has 1 aromatic rings. The van der Waals surface area contributed by atoms with E-state index in [4.69, 9.17) is 0 Å². The van der Waals surface area contributed by atoms with E-state index in [-0.39, 0.29) is 6.29 Å². The van der Waals surface area contributed by atoms with Crippen molar-refractivity contribution in [2.75, 3.05) is 0 Å². The fourth-order valence-electron chi connectivity index (χ4n) is 1.12. The monoisotopic (exact) mass is 206 g/mol. The average molecular weight is 206 g/mol. The van der Waals surface area contributed by atoms with Crippen molar-refractivity contribution < 1.29 is 22.4 Å². The van der Waals surface area contributed by atoms with Crippen LogP contribution in [0.2, 0.25) is 0 Å². The summed E-state index contributed by atoms with van der Waals surface area (Å²) in [6.45, 7) is 0. The van der Waals surface area contributed by atoms with Gasteiger partial charge >= 0.3 is 0 Å². The molecule has 5 heteroatoms. The lowest BCUT2D eigenvalue weighted by Gasteiger charge is -2.08. The summed E-state index contributed by atoms with van der Waals surface area (Å²) in [4.78, 5) is 10.4. The van der Waals surface area contributed by atoms with Gasteiger partial charge in [-0.2, -0.15) is 0 Å². The molecular weight excluding hydrogens is 200 g/mol. The number of alkyl halides is 4. The molecule has 0 amide bonds. The third-order valence-corrected chi connectivity index (χ3v) is 1.76. The van der Waals surface area contributed by atoms with Gasteiger partial charge in [0.15, 0.2) is 6.29 Å². The molecule has 14 heavy (non-hydrogen) atoms. The Morgan fingerprint density at radius 3 is 1.71 bits per heavy atom. The molecule has 0 atom stereocenters. The third kappa shape index (κ3) is 1.92. The average Bonchev–Trinajstić information content (AvgIpc) is 2.16. The van der Waals surface area contributed by atoms with Crippen molar-refractivity contribution in [3.63, 3.8) is 0 Å². The summed E-state index contributed by atoms with van der Waals surface area (Å²) < 4.78 is 49.0. The second-order valence-electron chi connectivity index (χ2n) is 2.57. The SMILES string of the molecule is O=Cc1c(C(F)F)cccc1C(F)F. The highest BCUT2D eigenvalue weighted by atomic mass is 19.3. The minimum Gasteiger partial charge on any atom is -0.298 e. The molecule has 0 bridgehead atoms. The van der Waals surface area contributed by atoms with Gasteiger partial charge < -0.3 is 0 Å². The number of aldehydes is 1. The summed E-state index contributed by atoms with van der Waals surface area (Å²) >= 11 is 0. The van der Waals surface area contributed by atoms with Gasteiger partial charge in [-0.15, -0.1) is 0 Å². The fourth-order valence-corrected chi connectivity index (χ4v) is 1.12. The van der Waals surface area contributed by atoms with E-state index in [0.29, 0.717) is 0 Å². The lowest BCUT2D eigenvalue weighted by Crippen LogP contribution is -1.99. The van der Waals surface area contributed by atoms with Gasteiger partial charge in [-0.05, 0) is 0 Å². The molecule has 0 heterocycles. The van der Waals surface area contributed by atoms with Crippen LogP contribution in [0.3, 0.4) is 0 Å². The second-order valence-corrected chi connectivity index (χ2v) is 2.57. The van der Waals surface area contributed by atoms with Gasteiger partial charge in [-0.25, -0.2) is 17.6 Å². The Labute approximate surface area is 77.3 Å². The van der Waals surface area contributed by atoms with Crippen molar-refractivity contribution in [3.05, 3.63) is 34.9 Å². The molecule has 0 saturated carbocycles. The molecule has 0 radical (unpaired) electrons. The zero-order valence-electron chi connectivity index (χ0n) is 6.88. The number of benzene rings is 1. The summed E-state index contributed by atoms with van der Waals surface area (Å²) in [5.41, 5.74) is -1.92. The Bertz CT molecular complexity index is 309. The third-order valence-electron chi connectivity index (χ3n) is 1.76. The van der Waals surface area contributed by atoms with Crippen molar-refractivity contribution in [1.29, 1.82) is 0 Å². The van der Waals surface area contributed by atoms with Crippen molar-refractivity contribution in [3.8, 4) is 0 Å². The van der Waals surface area contributed by atoms with E-state index in [1.807, 2.05) is 0 Å². The number of hydrogen-bond acceptors (Lipinski definition) is 1. The van der Waals surface area contributed by atoms with Crippen LogP contribution in [0.1, 0.15) is 34.3 Å². The van der Waals surface area contributed by atoms with E-state index in [2.05, 4.69) is 0 Å². The highest BCUT2D eigenvalue weighted by Gasteiger charge is 2.19. The first-order valence-electron chi connectivity index (χ1n) is 3.72. The summed E-state index contributed by atoms with van der Waals surface area (Å²) in [5, 5.41) is 0. The van der Waals surface area contributed by atoms with Crippen LogP contribution in [0.4, 0.5) is 17.6 Å². The molecule has 0 unspecified atom stereocenters. The smallest absolute Gasteiger partial charge is 0.264 e. The molecule has 0 aliphatic carbocycles. The first-order valence-corrected chi connectivity index (χ1v) is 3.72. The zero-order valence-corrected chi connectivity index (χ0v) is 6.88. The van der Waals surface area contributed by atoms with Crippen LogP contribution in [-0.4, -0.2) is 6.29 Å². The van der Waals surface area contributed by atoms with Crippen LogP contribution in [0.25, 0.3) is 0 Å². The number of hydrogen-bond donors (Lipinski definition) is 0. The van der Waals surface area contributed by atoms with Crippen LogP contribution in [-0.2, 0) is 0 Å². The van der Waals surface area contributed by atoms with Gasteiger partial charge in [-0.3, -0.25) is 4.79 Å². The van der Waals surface area contributed by atoms with Crippen molar-refractivity contribution in [1.82, 2.24) is 0 Å². The van der Waals surface area contributed by atoms with Crippen LogP contribution < -0.4 is 0 Å². The normalized spacial score (nSPS) is 11.0. The topological polar surface area (TPSA) is 17.1 Å². The first kappa shape index (κ1) is 10.7. The highest BCUT2D eigenvalue weighted by Crippen LogP contribution is 2.29. The number of rotatable bonds is 3. The molecule has 0 N–H and O–H groups in total. The molecule has 0 saturated heterocycles.